The number of imidazole rings is 2. The highest BCUT2D eigenvalue weighted by atomic mass is 16.2. The van der Waals surface area contributed by atoms with Gasteiger partial charge in [-0.05, 0) is 37.3 Å². The van der Waals surface area contributed by atoms with E-state index in [1.54, 1.807) is 18.7 Å². The number of carbonyl (C=O) groups is 2. The van der Waals surface area contributed by atoms with Crippen LogP contribution in [-0.2, 0) is 11.3 Å². The number of nitrogens with zero attached hydrogens (tertiary/aromatic N) is 5. The number of rotatable bonds is 6. The van der Waals surface area contributed by atoms with Gasteiger partial charge in [0.1, 0.15) is 11.3 Å². The first-order chi connectivity index (χ1) is 14.1. The number of pyridine rings is 1. The molecule has 4 heterocycles. The van der Waals surface area contributed by atoms with E-state index >= 15 is 0 Å². The number of likely N-dealkylation sites (tertiary alicyclic amines) is 1. The van der Waals surface area contributed by atoms with Crippen molar-refractivity contribution < 1.29 is 9.59 Å². The van der Waals surface area contributed by atoms with Crippen LogP contribution in [0.25, 0.3) is 5.65 Å². The molecule has 1 N–H and O–H groups in total. The van der Waals surface area contributed by atoms with Gasteiger partial charge in [-0.1, -0.05) is 6.07 Å². The summed E-state index contributed by atoms with van der Waals surface area (Å²) in [5.41, 5.74) is 2.34. The van der Waals surface area contributed by atoms with Crippen molar-refractivity contribution in [3.05, 3.63) is 54.5 Å². The molecule has 0 radical (unpaired) electrons. The first-order valence-electron chi connectivity index (χ1n) is 10.1. The van der Waals surface area contributed by atoms with Crippen molar-refractivity contribution in [1.29, 1.82) is 0 Å². The normalized spacial score (nSPS) is 16.9. The lowest BCUT2D eigenvalue weighted by Crippen LogP contribution is -2.41. The minimum absolute atomic E-state index is 0.0348. The lowest BCUT2D eigenvalue weighted by Gasteiger charge is -2.32. The molecule has 0 spiro atoms. The second-order valence-corrected chi connectivity index (χ2v) is 7.71. The Hall–Kier alpha value is -3.16. The van der Waals surface area contributed by atoms with E-state index in [1.165, 1.54) is 0 Å². The maximum absolute atomic E-state index is 12.9. The number of fused-ring (bicyclic) bond motifs is 1. The van der Waals surface area contributed by atoms with Crippen LogP contribution in [0.3, 0.4) is 0 Å². The molecule has 29 heavy (non-hydrogen) atoms. The van der Waals surface area contributed by atoms with E-state index in [0.29, 0.717) is 38.3 Å². The van der Waals surface area contributed by atoms with Crippen molar-refractivity contribution in [3.63, 3.8) is 0 Å². The van der Waals surface area contributed by atoms with Gasteiger partial charge in [0.2, 0.25) is 5.91 Å². The maximum atomic E-state index is 12.9. The van der Waals surface area contributed by atoms with Crippen molar-refractivity contribution in [1.82, 2.24) is 29.2 Å². The van der Waals surface area contributed by atoms with Crippen molar-refractivity contribution >= 4 is 17.5 Å². The van der Waals surface area contributed by atoms with Crippen molar-refractivity contribution in [2.75, 3.05) is 19.6 Å². The number of nitrogens with one attached hydrogen (secondary N) is 1. The molecule has 1 atom stereocenters. The Bertz CT molecular complexity index is 994. The molecular formula is C21H26N6O2. The minimum Gasteiger partial charge on any atom is -0.354 e. The molecule has 0 aromatic carbocycles. The SMILES string of the molecule is Cc1ccc2nc(C(=O)N3CCCC(CC(=O)NCCn4ccnc4)C3)cn2c1. The van der Waals surface area contributed by atoms with Gasteiger partial charge in [0.05, 0.1) is 6.33 Å². The molecule has 1 aliphatic heterocycles. The highest BCUT2D eigenvalue weighted by molar-refractivity contribution is 5.93. The molecule has 3 aromatic heterocycles. The average molecular weight is 394 g/mol. The molecule has 1 fully saturated rings. The molecule has 8 heteroatoms. The quantitative estimate of drug-likeness (QED) is 0.692. The fourth-order valence-electron chi connectivity index (χ4n) is 3.86. The number of hydrogen-bond donors (Lipinski definition) is 1. The van der Waals surface area contributed by atoms with Crippen LogP contribution < -0.4 is 5.32 Å². The van der Waals surface area contributed by atoms with Crippen LogP contribution in [0.2, 0.25) is 0 Å². The van der Waals surface area contributed by atoms with Gasteiger partial charge in [-0.25, -0.2) is 9.97 Å². The number of aryl methyl sites for hydroxylation is 1. The van der Waals surface area contributed by atoms with Gasteiger partial charge < -0.3 is 19.2 Å². The zero-order valence-corrected chi connectivity index (χ0v) is 16.6. The Kier molecular flexibility index (Phi) is 5.59. The summed E-state index contributed by atoms with van der Waals surface area (Å²) in [6.45, 7) is 4.60. The predicted octanol–water partition coefficient (Wildman–Crippen LogP) is 1.90. The minimum atomic E-state index is -0.0587. The summed E-state index contributed by atoms with van der Waals surface area (Å²) >= 11 is 0. The van der Waals surface area contributed by atoms with Crippen LogP contribution in [0.5, 0.6) is 0 Å². The molecule has 2 amide bonds. The maximum Gasteiger partial charge on any atom is 0.274 e. The van der Waals surface area contributed by atoms with E-state index in [1.807, 2.05) is 45.3 Å². The van der Waals surface area contributed by atoms with E-state index in [2.05, 4.69) is 15.3 Å². The second kappa shape index (κ2) is 8.46. The zero-order chi connectivity index (χ0) is 20.2. The summed E-state index contributed by atoms with van der Waals surface area (Å²) in [6, 6.07) is 3.90. The number of amides is 2. The molecule has 3 aromatic rings. The highest BCUT2D eigenvalue weighted by Gasteiger charge is 2.27. The fourth-order valence-corrected chi connectivity index (χ4v) is 3.86. The van der Waals surface area contributed by atoms with E-state index in [-0.39, 0.29) is 17.7 Å². The topological polar surface area (TPSA) is 84.5 Å². The highest BCUT2D eigenvalue weighted by Crippen LogP contribution is 2.21. The van der Waals surface area contributed by atoms with E-state index in [4.69, 9.17) is 0 Å². The molecule has 0 aliphatic carbocycles. The predicted molar refractivity (Wildman–Crippen MR) is 108 cm³/mol. The molecule has 1 saturated heterocycles. The molecule has 1 aliphatic rings. The van der Waals surface area contributed by atoms with Gasteiger partial charge in [-0.15, -0.1) is 0 Å². The van der Waals surface area contributed by atoms with Gasteiger partial charge in [0.25, 0.3) is 5.91 Å². The lowest BCUT2D eigenvalue weighted by molar-refractivity contribution is -0.122. The van der Waals surface area contributed by atoms with Gasteiger partial charge >= 0.3 is 0 Å². The summed E-state index contributed by atoms with van der Waals surface area (Å²) in [5, 5.41) is 2.96. The summed E-state index contributed by atoms with van der Waals surface area (Å²) in [7, 11) is 0. The second-order valence-electron chi connectivity index (χ2n) is 7.71. The van der Waals surface area contributed by atoms with Crippen molar-refractivity contribution in [3.8, 4) is 0 Å². The van der Waals surface area contributed by atoms with E-state index in [9.17, 15) is 9.59 Å². The molecular weight excluding hydrogens is 368 g/mol. The molecule has 152 valence electrons. The number of carbonyl (C=O) groups excluding carboxylic acids is 2. The van der Waals surface area contributed by atoms with Crippen molar-refractivity contribution in [2.45, 2.75) is 32.7 Å². The van der Waals surface area contributed by atoms with Crippen LogP contribution in [0.4, 0.5) is 0 Å². The third-order valence-electron chi connectivity index (χ3n) is 5.35. The molecule has 0 bridgehead atoms. The molecule has 0 saturated carbocycles. The third kappa shape index (κ3) is 4.64. The first-order valence-corrected chi connectivity index (χ1v) is 10.1. The number of hydrogen-bond acceptors (Lipinski definition) is 4. The Morgan fingerprint density at radius 1 is 1.28 bits per heavy atom. The van der Waals surface area contributed by atoms with Crippen LogP contribution in [0.1, 0.15) is 35.3 Å². The largest absolute Gasteiger partial charge is 0.354 e. The average Bonchev–Trinajstić information content (AvgIpc) is 3.37. The third-order valence-corrected chi connectivity index (χ3v) is 5.35. The molecule has 8 nitrogen and oxygen atoms in total. The molecule has 4 rings (SSSR count). The monoisotopic (exact) mass is 394 g/mol. The summed E-state index contributed by atoms with van der Waals surface area (Å²) in [6.07, 6.45) is 11.4. The zero-order valence-electron chi connectivity index (χ0n) is 16.6. The van der Waals surface area contributed by atoms with E-state index in [0.717, 1.165) is 24.1 Å². The number of piperidine rings is 1. The van der Waals surface area contributed by atoms with Crippen LogP contribution in [0, 0.1) is 12.8 Å². The van der Waals surface area contributed by atoms with Crippen LogP contribution in [-0.4, -0.2) is 55.3 Å². The van der Waals surface area contributed by atoms with Crippen molar-refractivity contribution in [2.24, 2.45) is 5.92 Å². The van der Waals surface area contributed by atoms with E-state index < -0.39 is 0 Å². The summed E-state index contributed by atoms with van der Waals surface area (Å²) in [5.74, 6) is 0.157. The van der Waals surface area contributed by atoms with Gasteiger partial charge in [-0.2, -0.15) is 0 Å². The fraction of sp³-hybridized carbons (Fsp3) is 0.429. The standard InChI is InChI=1S/C21H26N6O2/c1-16-4-5-19-24-18(14-27(19)12-16)21(29)26-8-2-3-17(13-26)11-20(28)23-7-10-25-9-6-22-15-25/h4-6,9,12,14-15,17H,2-3,7-8,10-11,13H2,1H3,(H,23,28). The Morgan fingerprint density at radius 3 is 3.00 bits per heavy atom. The van der Waals surface area contributed by atoms with Gasteiger partial charge in [0.15, 0.2) is 0 Å². The number of aromatic nitrogens is 4. The van der Waals surface area contributed by atoms with Crippen LogP contribution in [0.15, 0.2) is 43.2 Å². The Labute approximate surface area is 169 Å². The summed E-state index contributed by atoms with van der Waals surface area (Å²) < 4.78 is 3.81. The van der Waals surface area contributed by atoms with Gasteiger partial charge in [0, 0.05) is 57.4 Å². The summed E-state index contributed by atoms with van der Waals surface area (Å²) in [4.78, 5) is 35.5. The Balaban J connectivity index is 1.31. The first kappa shape index (κ1) is 19.2. The lowest BCUT2D eigenvalue weighted by atomic mass is 9.94. The Morgan fingerprint density at radius 2 is 2.17 bits per heavy atom. The van der Waals surface area contributed by atoms with Crippen LogP contribution >= 0.6 is 0 Å². The molecule has 1 unspecified atom stereocenters. The smallest absolute Gasteiger partial charge is 0.274 e. The van der Waals surface area contributed by atoms with Gasteiger partial charge in [-0.3, -0.25) is 9.59 Å².